The van der Waals surface area contributed by atoms with Crippen molar-refractivity contribution >= 4 is 0 Å². The van der Waals surface area contributed by atoms with Gasteiger partial charge in [0.1, 0.15) is 11.5 Å². The van der Waals surface area contributed by atoms with Crippen LogP contribution in [0.25, 0.3) is 0 Å². The summed E-state index contributed by atoms with van der Waals surface area (Å²) in [7, 11) is 7.56. The van der Waals surface area contributed by atoms with Gasteiger partial charge in [-0.15, -0.1) is 0 Å². The summed E-state index contributed by atoms with van der Waals surface area (Å²) in [5.74, 6) is 1.72. The number of fused-ring (bicyclic) bond motifs is 1. The molecule has 0 aromatic heterocycles. The quantitative estimate of drug-likeness (QED) is 0.844. The molecule has 2 rings (SSSR count). The van der Waals surface area contributed by atoms with Crippen molar-refractivity contribution in [1.29, 1.82) is 0 Å². The molecular weight excluding hydrogens is 254 g/mol. The van der Waals surface area contributed by atoms with Crippen molar-refractivity contribution in [2.75, 3.05) is 47.9 Å². The predicted molar refractivity (Wildman–Crippen MR) is 80.3 cm³/mol. The second-order valence-electron chi connectivity index (χ2n) is 5.43. The minimum Gasteiger partial charge on any atom is -0.497 e. The fourth-order valence-electron chi connectivity index (χ4n) is 2.79. The van der Waals surface area contributed by atoms with Crippen molar-refractivity contribution in [3.8, 4) is 11.5 Å². The second kappa shape index (κ2) is 6.43. The highest BCUT2D eigenvalue weighted by Crippen LogP contribution is 2.41. The van der Waals surface area contributed by atoms with Gasteiger partial charge in [0.2, 0.25) is 0 Å². The number of ether oxygens (including phenoxy) is 2. The summed E-state index contributed by atoms with van der Waals surface area (Å²) in [4.78, 5) is 4.60. The van der Waals surface area contributed by atoms with Crippen molar-refractivity contribution < 1.29 is 9.47 Å². The number of hydrogen-bond donors (Lipinski definition) is 1. The summed E-state index contributed by atoms with van der Waals surface area (Å²) < 4.78 is 10.9. The Labute approximate surface area is 121 Å². The van der Waals surface area contributed by atoms with Crippen LogP contribution in [0.1, 0.15) is 17.2 Å². The molecule has 0 radical (unpaired) electrons. The first-order valence-electron chi connectivity index (χ1n) is 6.94. The topological polar surface area (TPSA) is 51.0 Å². The second-order valence-corrected chi connectivity index (χ2v) is 5.43. The largest absolute Gasteiger partial charge is 0.497 e. The zero-order valence-corrected chi connectivity index (χ0v) is 12.8. The molecule has 1 unspecified atom stereocenters. The van der Waals surface area contributed by atoms with E-state index in [0.717, 1.165) is 31.1 Å². The molecule has 0 amide bonds. The molecule has 0 aliphatic carbocycles. The number of hydrogen-bond acceptors (Lipinski definition) is 5. The molecule has 5 heteroatoms. The Balaban J connectivity index is 2.29. The van der Waals surface area contributed by atoms with E-state index in [4.69, 9.17) is 15.2 Å². The first-order valence-corrected chi connectivity index (χ1v) is 6.94. The molecule has 0 spiro atoms. The summed E-state index contributed by atoms with van der Waals surface area (Å²) in [6.45, 7) is 3.51. The molecule has 5 nitrogen and oxygen atoms in total. The van der Waals surface area contributed by atoms with E-state index in [1.54, 1.807) is 14.2 Å². The third-order valence-electron chi connectivity index (χ3n) is 3.86. The molecule has 1 heterocycles. The maximum atomic E-state index is 6.00. The van der Waals surface area contributed by atoms with Crippen LogP contribution in [0, 0.1) is 0 Å². The lowest BCUT2D eigenvalue weighted by Gasteiger charge is -2.25. The number of nitrogens with two attached hydrogens (primary N) is 1. The van der Waals surface area contributed by atoms with Crippen LogP contribution in [0.4, 0.5) is 0 Å². The van der Waals surface area contributed by atoms with Crippen molar-refractivity contribution in [1.82, 2.24) is 9.80 Å². The average molecular weight is 279 g/mol. The van der Waals surface area contributed by atoms with E-state index in [-0.39, 0.29) is 6.04 Å². The van der Waals surface area contributed by atoms with Crippen molar-refractivity contribution in [3.05, 3.63) is 23.3 Å². The van der Waals surface area contributed by atoms with Gasteiger partial charge >= 0.3 is 0 Å². The van der Waals surface area contributed by atoms with E-state index in [0.29, 0.717) is 6.54 Å². The first-order chi connectivity index (χ1) is 9.60. The van der Waals surface area contributed by atoms with Crippen LogP contribution in [0.3, 0.4) is 0 Å². The maximum Gasteiger partial charge on any atom is 0.127 e. The Morgan fingerprint density at radius 3 is 2.60 bits per heavy atom. The van der Waals surface area contributed by atoms with Crippen LogP contribution in [0.5, 0.6) is 11.5 Å². The molecule has 0 saturated heterocycles. The van der Waals surface area contributed by atoms with Gasteiger partial charge in [-0.05, 0) is 25.7 Å². The van der Waals surface area contributed by atoms with Gasteiger partial charge in [0, 0.05) is 37.8 Å². The lowest BCUT2D eigenvalue weighted by Crippen LogP contribution is -2.33. The van der Waals surface area contributed by atoms with E-state index in [1.165, 1.54) is 11.1 Å². The minimum atomic E-state index is 0.228. The summed E-state index contributed by atoms with van der Waals surface area (Å²) in [5.41, 5.74) is 8.47. The van der Waals surface area contributed by atoms with E-state index >= 15 is 0 Å². The summed E-state index contributed by atoms with van der Waals surface area (Å²) in [6.07, 6.45) is 0. The zero-order chi connectivity index (χ0) is 14.7. The summed E-state index contributed by atoms with van der Waals surface area (Å²) in [5, 5.41) is 0. The molecule has 1 atom stereocenters. The van der Waals surface area contributed by atoms with Crippen LogP contribution < -0.4 is 15.2 Å². The first kappa shape index (κ1) is 15.1. The van der Waals surface area contributed by atoms with Crippen molar-refractivity contribution in [2.24, 2.45) is 5.73 Å². The maximum absolute atomic E-state index is 6.00. The van der Waals surface area contributed by atoms with Gasteiger partial charge in [0.15, 0.2) is 0 Å². The lowest BCUT2D eigenvalue weighted by atomic mass is 10.0. The molecule has 2 N–H and O–H groups in total. The van der Waals surface area contributed by atoms with Crippen LogP contribution in [0.2, 0.25) is 0 Å². The molecule has 0 saturated carbocycles. The van der Waals surface area contributed by atoms with Gasteiger partial charge in [-0.3, -0.25) is 4.90 Å². The third-order valence-corrected chi connectivity index (χ3v) is 3.86. The number of rotatable bonds is 6. The number of nitrogens with zero attached hydrogens (tertiary/aromatic N) is 2. The third kappa shape index (κ3) is 2.90. The highest BCUT2D eigenvalue weighted by Gasteiger charge is 2.32. The molecule has 0 fully saturated rings. The van der Waals surface area contributed by atoms with E-state index < -0.39 is 0 Å². The molecule has 1 aromatic rings. The monoisotopic (exact) mass is 279 g/mol. The Morgan fingerprint density at radius 1 is 1.30 bits per heavy atom. The summed E-state index contributed by atoms with van der Waals surface area (Å²) >= 11 is 0. The van der Waals surface area contributed by atoms with Gasteiger partial charge in [-0.1, -0.05) is 0 Å². The van der Waals surface area contributed by atoms with Gasteiger partial charge in [0.25, 0.3) is 0 Å². The van der Waals surface area contributed by atoms with Gasteiger partial charge < -0.3 is 20.1 Å². The van der Waals surface area contributed by atoms with Crippen LogP contribution in [-0.2, 0) is 6.54 Å². The average Bonchev–Trinajstić information content (AvgIpc) is 2.81. The number of methoxy groups -OCH3 is 2. The van der Waals surface area contributed by atoms with E-state index in [1.807, 2.05) is 6.07 Å². The standard InChI is InChI=1S/C15H25N3O2/c1-17(2)5-6-18-10-11-7-12(19-3)8-14(20-4)15(11)13(18)9-16/h7-8,13H,5-6,9-10,16H2,1-4H3. The number of benzene rings is 1. The van der Waals surface area contributed by atoms with Gasteiger partial charge in [0.05, 0.1) is 20.3 Å². The van der Waals surface area contributed by atoms with Crippen molar-refractivity contribution in [3.63, 3.8) is 0 Å². The van der Waals surface area contributed by atoms with Crippen LogP contribution in [0.15, 0.2) is 12.1 Å². The predicted octanol–water partition coefficient (Wildman–Crippen LogP) is 1.08. The zero-order valence-electron chi connectivity index (χ0n) is 12.8. The highest BCUT2D eigenvalue weighted by molar-refractivity contribution is 5.50. The fraction of sp³-hybridized carbons (Fsp3) is 0.600. The van der Waals surface area contributed by atoms with Crippen LogP contribution >= 0.6 is 0 Å². The SMILES string of the molecule is COc1cc2c(c(OC)c1)C(CN)N(CCN(C)C)C2. The Hall–Kier alpha value is -1.30. The lowest BCUT2D eigenvalue weighted by molar-refractivity contribution is 0.195. The molecule has 1 aliphatic rings. The van der Waals surface area contributed by atoms with Gasteiger partial charge in [-0.2, -0.15) is 0 Å². The Kier molecular flexibility index (Phi) is 4.86. The number of likely N-dealkylation sites (N-methyl/N-ethyl adjacent to an activating group) is 1. The smallest absolute Gasteiger partial charge is 0.127 e. The fourth-order valence-corrected chi connectivity index (χ4v) is 2.79. The molecule has 1 aliphatic heterocycles. The van der Waals surface area contributed by atoms with Crippen molar-refractivity contribution in [2.45, 2.75) is 12.6 Å². The Bertz CT molecular complexity index is 463. The van der Waals surface area contributed by atoms with E-state index in [9.17, 15) is 0 Å². The van der Waals surface area contributed by atoms with Gasteiger partial charge in [-0.25, -0.2) is 0 Å². The van der Waals surface area contributed by atoms with Crippen LogP contribution in [-0.4, -0.2) is 57.7 Å². The summed E-state index contributed by atoms with van der Waals surface area (Å²) in [6, 6.07) is 4.26. The highest BCUT2D eigenvalue weighted by atomic mass is 16.5. The molecule has 20 heavy (non-hydrogen) atoms. The molecule has 1 aromatic carbocycles. The molecule has 112 valence electrons. The molecular formula is C15H25N3O2. The minimum absolute atomic E-state index is 0.228. The normalized spacial score (nSPS) is 18.4. The molecule has 0 bridgehead atoms. The Morgan fingerprint density at radius 2 is 2.05 bits per heavy atom. The van der Waals surface area contributed by atoms with E-state index in [2.05, 4.69) is 30.0 Å².